The van der Waals surface area contributed by atoms with Crippen molar-refractivity contribution in [2.24, 2.45) is 5.73 Å². The first-order chi connectivity index (χ1) is 6.77. The molecule has 0 aromatic heterocycles. The molecule has 0 saturated carbocycles. The summed E-state index contributed by atoms with van der Waals surface area (Å²) in [7, 11) is 0. The smallest absolute Gasteiger partial charge is 0.0822 e. The molecule has 1 aromatic rings. The van der Waals surface area contributed by atoms with Crippen LogP contribution in [0.15, 0.2) is 24.3 Å². The van der Waals surface area contributed by atoms with Crippen molar-refractivity contribution in [1.82, 2.24) is 0 Å². The van der Waals surface area contributed by atoms with Crippen LogP contribution in [0.4, 0.5) is 0 Å². The highest BCUT2D eigenvalue weighted by Crippen LogP contribution is 2.20. The van der Waals surface area contributed by atoms with Crippen LogP contribution in [0.5, 0.6) is 0 Å². The van der Waals surface area contributed by atoms with Gasteiger partial charge in [0.15, 0.2) is 0 Å². The van der Waals surface area contributed by atoms with Crippen LogP contribution >= 0.6 is 0 Å². The summed E-state index contributed by atoms with van der Waals surface area (Å²) in [5, 5.41) is 0. The summed E-state index contributed by atoms with van der Waals surface area (Å²) in [5.41, 5.74) is 7.93. The third-order valence-electron chi connectivity index (χ3n) is 2.26. The van der Waals surface area contributed by atoms with Gasteiger partial charge in [0.1, 0.15) is 0 Å². The third kappa shape index (κ3) is 3.13. The monoisotopic (exact) mass is 193 g/mol. The average Bonchev–Trinajstić information content (AvgIpc) is 2.21. The first-order valence-electron chi connectivity index (χ1n) is 5.16. The molecule has 1 atom stereocenters. The van der Waals surface area contributed by atoms with Crippen LogP contribution in [0.3, 0.4) is 0 Å². The fourth-order valence-corrected chi connectivity index (χ4v) is 1.44. The van der Waals surface area contributed by atoms with Crippen molar-refractivity contribution in [3.63, 3.8) is 0 Å². The zero-order chi connectivity index (χ0) is 10.4. The Morgan fingerprint density at radius 3 is 2.43 bits per heavy atom. The lowest BCUT2D eigenvalue weighted by Gasteiger charge is -2.16. The highest BCUT2D eigenvalue weighted by molar-refractivity contribution is 5.23. The highest BCUT2D eigenvalue weighted by Gasteiger charge is 2.08. The Kier molecular flexibility index (Phi) is 4.63. The van der Waals surface area contributed by atoms with Gasteiger partial charge in [-0.1, -0.05) is 36.8 Å². The molecule has 0 amide bonds. The molecule has 0 spiro atoms. The number of hydrogen-bond donors (Lipinski definition) is 1. The molecular formula is C12H19NO. The Bertz CT molecular complexity index is 256. The van der Waals surface area contributed by atoms with Gasteiger partial charge >= 0.3 is 0 Å². The van der Waals surface area contributed by atoms with Crippen molar-refractivity contribution in [2.75, 3.05) is 13.2 Å². The minimum atomic E-state index is 0.194. The first kappa shape index (κ1) is 11.2. The van der Waals surface area contributed by atoms with E-state index in [4.69, 9.17) is 10.5 Å². The van der Waals surface area contributed by atoms with E-state index in [0.29, 0.717) is 13.2 Å². The fraction of sp³-hybridized carbons (Fsp3) is 0.500. The first-order valence-corrected chi connectivity index (χ1v) is 5.16. The molecule has 1 rings (SSSR count). The highest BCUT2D eigenvalue weighted by atomic mass is 16.5. The van der Waals surface area contributed by atoms with E-state index in [0.717, 1.165) is 6.42 Å². The van der Waals surface area contributed by atoms with Gasteiger partial charge in [0.2, 0.25) is 0 Å². The van der Waals surface area contributed by atoms with Crippen molar-refractivity contribution < 1.29 is 4.74 Å². The van der Waals surface area contributed by atoms with E-state index in [2.05, 4.69) is 38.1 Å². The number of aryl methyl sites for hydroxylation is 1. The fourth-order valence-electron chi connectivity index (χ4n) is 1.44. The van der Waals surface area contributed by atoms with E-state index >= 15 is 0 Å². The Morgan fingerprint density at radius 1 is 1.29 bits per heavy atom. The van der Waals surface area contributed by atoms with Crippen molar-refractivity contribution in [1.29, 1.82) is 0 Å². The molecule has 0 saturated heterocycles. The van der Waals surface area contributed by atoms with Gasteiger partial charge in [-0.15, -0.1) is 0 Å². The second kappa shape index (κ2) is 5.78. The molecule has 2 heteroatoms. The lowest BCUT2D eigenvalue weighted by atomic mass is 10.1. The topological polar surface area (TPSA) is 35.2 Å². The van der Waals surface area contributed by atoms with Crippen molar-refractivity contribution in [3.8, 4) is 0 Å². The van der Waals surface area contributed by atoms with Crippen LogP contribution in [0.25, 0.3) is 0 Å². The Hall–Kier alpha value is -0.860. The predicted octanol–water partition coefficient (Wildman–Crippen LogP) is 2.42. The summed E-state index contributed by atoms with van der Waals surface area (Å²) in [6.45, 7) is 5.43. The van der Waals surface area contributed by atoms with Crippen molar-refractivity contribution in [3.05, 3.63) is 35.4 Å². The molecule has 78 valence electrons. The zero-order valence-corrected chi connectivity index (χ0v) is 8.99. The number of ether oxygens (including phenoxy) is 1. The molecule has 14 heavy (non-hydrogen) atoms. The lowest BCUT2D eigenvalue weighted by molar-refractivity contribution is 0.0556. The van der Waals surface area contributed by atoms with Gasteiger partial charge < -0.3 is 10.5 Å². The van der Waals surface area contributed by atoms with E-state index in [1.54, 1.807) is 0 Å². The van der Waals surface area contributed by atoms with Crippen molar-refractivity contribution >= 4 is 0 Å². The van der Waals surface area contributed by atoms with E-state index < -0.39 is 0 Å². The molecule has 0 radical (unpaired) electrons. The molecule has 0 aliphatic rings. The number of rotatable bonds is 5. The van der Waals surface area contributed by atoms with Crippen LogP contribution in [0.2, 0.25) is 0 Å². The molecule has 2 nitrogen and oxygen atoms in total. The molecule has 0 heterocycles. The van der Waals surface area contributed by atoms with Crippen LogP contribution in [0.1, 0.15) is 30.6 Å². The minimum absolute atomic E-state index is 0.194. The average molecular weight is 193 g/mol. The summed E-state index contributed by atoms with van der Waals surface area (Å²) < 4.78 is 5.64. The number of hydrogen-bond acceptors (Lipinski definition) is 2. The molecule has 0 aliphatic heterocycles. The molecular weight excluding hydrogens is 174 g/mol. The Balaban J connectivity index is 2.64. The Labute approximate surface area is 86.1 Å². The minimum Gasteiger partial charge on any atom is -0.372 e. The van der Waals surface area contributed by atoms with Gasteiger partial charge in [-0.25, -0.2) is 0 Å². The zero-order valence-electron chi connectivity index (χ0n) is 8.99. The predicted molar refractivity (Wildman–Crippen MR) is 59.2 cm³/mol. The maximum Gasteiger partial charge on any atom is 0.0822 e. The largest absolute Gasteiger partial charge is 0.372 e. The van der Waals surface area contributed by atoms with E-state index in [1.165, 1.54) is 11.1 Å². The van der Waals surface area contributed by atoms with Crippen LogP contribution < -0.4 is 5.73 Å². The summed E-state index contributed by atoms with van der Waals surface area (Å²) in [5.74, 6) is 0. The van der Waals surface area contributed by atoms with Gasteiger partial charge in [-0.05, 0) is 18.9 Å². The SMILES string of the molecule is CC[C@H](OCCN)c1ccc(C)cc1. The second-order valence-electron chi connectivity index (χ2n) is 3.47. The standard InChI is InChI=1S/C12H19NO/c1-3-12(14-9-8-13)11-6-4-10(2)5-7-11/h4-7,12H,3,8-9,13H2,1-2H3/t12-/m0/s1. The quantitative estimate of drug-likeness (QED) is 0.779. The molecule has 0 unspecified atom stereocenters. The van der Waals surface area contributed by atoms with Gasteiger partial charge in [0.05, 0.1) is 12.7 Å². The number of nitrogens with two attached hydrogens (primary N) is 1. The Morgan fingerprint density at radius 2 is 1.93 bits per heavy atom. The molecule has 0 aliphatic carbocycles. The summed E-state index contributed by atoms with van der Waals surface area (Å²) in [4.78, 5) is 0. The van der Waals surface area contributed by atoms with E-state index in [9.17, 15) is 0 Å². The van der Waals surface area contributed by atoms with E-state index in [1.807, 2.05) is 0 Å². The molecule has 2 N–H and O–H groups in total. The molecule has 0 bridgehead atoms. The van der Waals surface area contributed by atoms with Crippen LogP contribution in [-0.2, 0) is 4.74 Å². The van der Waals surface area contributed by atoms with Crippen LogP contribution in [0, 0.1) is 6.92 Å². The van der Waals surface area contributed by atoms with Gasteiger partial charge in [0, 0.05) is 6.54 Å². The molecule has 1 aromatic carbocycles. The summed E-state index contributed by atoms with van der Waals surface area (Å²) in [6, 6.07) is 8.48. The normalized spacial score (nSPS) is 12.8. The van der Waals surface area contributed by atoms with Gasteiger partial charge in [-0.2, -0.15) is 0 Å². The lowest BCUT2D eigenvalue weighted by Crippen LogP contribution is -2.12. The summed E-state index contributed by atoms with van der Waals surface area (Å²) in [6.07, 6.45) is 1.18. The molecule has 0 fully saturated rings. The maximum absolute atomic E-state index is 5.64. The van der Waals surface area contributed by atoms with Gasteiger partial charge in [0.25, 0.3) is 0 Å². The third-order valence-corrected chi connectivity index (χ3v) is 2.26. The number of benzene rings is 1. The second-order valence-corrected chi connectivity index (χ2v) is 3.47. The van der Waals surface area contributed by atoms with Gasteiger partial charge in [-0.3, -0.25) is 0 Å². The van der Waals surface area contributed by atoms with Crippen molar-refractivity contribution in [2.45, 2.75) is 26.4 Å². The maximum atomic E-state index is 5.64. The van der Waals surface area contributed by atoms with E-state index in [-0.39, 0.29) is 6.10 Å². The van der Waals surface area contributed by atoms with Crippen LogP contribution in [-0.4, -0.2) is 13.2 Å². The summed E-state index contributed by atoms with van der Waals surface area (Å²) >= 11 is 0.